The van der Waals surface area contributed by atoms with Gasteiger partial charge in [-0.2, -0.15) is 0 Å². The van der Waals surface area contributed by atoms with Crippen LogP contribution in [0.15, 0.2) is 0 Å². The molecule has 0 radical (unpaired) electrons. The summed E-state index contributed by atoms with van der Waals surface area (Å²) in [5.74, 6) is 0. The van der Waals surface area contributed by atoms with Crippen molar-refractivity contribution in [1.29, 1.82) is 0 Å². The van der Waals surface area contributed by atoms with Gasteiger partial charge in [-0.05, 0) is 26.7 Å². The molecule has 0 spiro atoms. The molecule has 0 heterocycles. The Hall–Kier alpha value is -0.200. The van der Waals surface area contributed by atoms with Gasteiger partial charge in [0.2, 0.25) is 0 Å². The van der Waals surface area contributed by atoms with Crippen LogP contribution in [0.1, 0.15) is 26.7 Å². The highest BCUT2D eigenvalue weighted by Crippen LogP contribution is 2.10. The van der Waals surface area contributed by atoms with E-state index in [2.05, 4.69) is 0 Å². The summed E-state index contributed by atoms with van der Waals surface area (Å²) in [6, 6.07) is 0. The Bertz CT molecular complexity index is 137. The van der Waals surface area contributed by atoms with Crippen molar-refractivity contribution in [3.8, 4) is 0 Å². The second-order valence-corrected chi connectivity index (χ2v) is 3.71. The number of aliphatic hydroxyl groups excluding tert-OH is 4. The van der Waals surface area contributed by atoms with Crippen molar-refractivity contribution in [3.05, 3.63) is 0 Å². The van der Waals surface area contributed by atoms with Crippen LogP contribution in [0, 0.1) is 0 Å². The van der Waals surface area contributed by atoms with Crippen molar-refractivity contribution in [3.63, 3.8) is 0 Å². The van der Waals surface area contributed by atoms with Gasteiger partial charge in [-0.3, -0.25) is 0 Å². The second kappa shape index (κ2) is 8.01. The molecule has 4 unspecified atom stereocenters. The highest BCUT2D eigenvalue weighted by molar-refractivity contribution is 4.69. The Kier molecular flexibility index (Phi) is 7.90. The lowest BCUT2D eigenvalue weighted by Gasteiger charge is -2.25. The summed E-state index contributed by atoms with van der Waals surface area (Å²) in [4.78, 5) is 0. The molecule has 0 rings (SSSR count). The van der Waals surface area contributed by atoms with Gasteiger partial charge >= 0.3 is 0 Å². The maximum absolute atomic E-state index is 9.46. The van der Waals surface area contributed by atoms with Gasteiger partial charge in [0, 0.05) is 13.2 Å². The average molecular weight is 222 g/mol. The second-order valence-electron chi connectivity index (χ2n) is 3.71. The fourth-order valence-corrected chi connectivity index (χ4v) is 1.25. The first kappa shape index (κ1) is 14.8. The minimum absolute atomic E-state index is 0.0948. The first-order valence-corrected chi connectivity index (χ1v) is 5.26. The van der Waals surface area contributed by atoms with Gasteiger partial charge in [0.1, 0.15) is 0 Å². The first-order valence-electron chi connectivity index (χ1n) is 5.26. The predicted molar refractivity (Wildman–Crippen MR) is 55.4 cm³/mol. The zero-order valence-corrected chi connectivity index (χ0v) is 9.33. The number of rotatable bonds is 8. The lowest BCUT2D eigenvalue weighted by Crippen LogP contribution is -2.35. The molecule has 0 aromatic rings. The molecule has 0 saturated carbocycles. The SMILES string of the molecule is CC(OC(C)C(O)CCO)C(O)CCO. The molecule has 5 nitrogen and oxygen atoms in total. The molecule has 92 valence electrons. The summed E-state index contributed by atoms with van der Waals surface area (Å²) in [6.45, 7) is 3.18. The Balaban J connectivity index is 3.88. The third-order valence-corrected chi connectivity index (χ3v) is 2.36. The lowest BCUT2D eigenvalue weighted by molar-refractivity contribution is -0.108. The number of hydrogen-bond donors (Lipinski definition) is 4. The Morgan fingerprint density at radius 2 is 1.20 bits per heavy atom. The topological polar surface area (TPSA) is 90.2 Å². The molecule has 0 amide bonds. The summed E-state index contributed by atoms with van der Waals surface area (Å²) in [5.41, 5.74) is 0. The van der Waals surface area contributed by atoms with E-state index in [1.807, 2.05) is 0 Å². The first-order chi connectivity index (χ1) is 7.02. The van der Waals surface area contributed by atoms with E-state index >= 15 is 0 Å². The van der Waals surface area contributed by atoms with E-state index in [1.54, 1.807) is 13.8 Å². The molecule has 4 atom stereocenters. The smallest absolute Gasteiger partial charge is 0.0821 e. The quantitative estimate of drug-likeness (QED) is 0.434. The van der Waals surface area contributed by atoms with Crippen LogP contribution in [0.3, 0.4) is 0 Å². The van der Waals surface area contributed by atoms with Crippen molar-refractivity contribution in [2.45, 2.75) is 51.1 Å². The molecule has 4 N–H and O–H groups in total. The zero-order chi connectivity index (χ0) is 11.8. The third-order valence-electron chi connectivity index (χ3n) is 2.36. The third kappa shape index (κ3) is 6.06. The summed E-state index contributed by atoms with van der Waals surface area (Å²) in [5, 5.41) is 36.2. The maximum Gasteiger partial charge on any atom is 0.0821 e. The number of aliphatic hydroxyl groups is 4. The highest BCUT2D eigenvalue weighted by Gasteiger charge is 2.21. The molecule has 0 saturated heterocycles. The van der Waals surface area contributed by atoms with Crippen molar-refractivity contribution in [2.24, 2.45) is 0 Å². The molecule has 5 heteroatoms. The molecule has 0 fully saturated rings. The van der Waals surface area contributed by atoms with Gasteiger partial charge in [-0.25, -0.2) is 0 Å². The predicted octanol–water partition coefficient (Wildman–Crippen LogP) is -0.733. The van der Waals surface area contributed by atoms with Gasteiger partial charge < -0.3 is 25.2 Å². The largest absolute Gasteiger partial charge is 0.396 e. The van der Waals surface area contributed by atoms with Gasteiger partial charge in [-0.1, -0.05) is 0 Å². The Morgan fingerprint density at radius 1 is 0.867 bits per heavy atom. The molecule has 15 heavy (non-hydrogen) atoms. The van der Waals surface area contributed by atoms with Gasteiger partial charge in [-0.15, -0.1) is 0 Å². The number of hydrogen-bond acceptors (Lipinski definition) is 5. The summed E-state index contributed by atoms with van der Waals surface area (Å²) < 4.78 is 5.36. The van der Waals surface area contributed by atoms with Gasteiger partial charge in [0.25, 0.3) is 0 Å². The molecular weight excluding hydrogens is 200 g/mol. The van der Waals surface area contributed by atoms with Crippen LogP contribution in [0.2, 0.25) is 0 Å². The summed E-state index contributed by atoms with van der Waals surface area (Å²) >= 11 is 0. The Labute approximate surface area is 90.3 Å². The van der Waals surface area contributed by atoms with E-state index in [1.165, 1.54) is 0 Å². The average Bonchev–Trinajstić information content (AvgIpc) is 2.18. The van der Waals surface area contributed by atoms with E-state index in [9.17, 15) is 10.2 Å². The summed E-state index contributed by atoms with van der Waals surface area (Å²) in [6.07, 6.45) is -1.85. The molecule has 0 bridgehead atoms. The molecule has 0 aliphatic rings. The standard InChI is InChI=1S/C10H22O5/c1-7(9(13)3-5-11)15-8(2)10(14)4-6-12/h7-14H,3-6H2,1-2H3. The van der Waals surface area contributed by atoms with Crippen LogP contribution in [-0.4, -0.2) is 58.1 Å². The van der Waals surface area contributed by atoms with E-state index in [0.29, 0.717) is 0 Å². The van der Waals surface area contributed by atoms with Crippen LogP contribution in [-0.2, 0) is 4.74 Å². The van der Waals surface area contributed by atoms with E-state index in [-0.39, 0.29) is 26.1 Å². The molecule has 0 aliphatic heterocycles. The van der Waals surface area contributed by atoms with E-state index < -0.39 is 24.4 Å². The van der Waals surface area contributed by atoms with E-state index in [0.717, 1.165) is 0 Å². The fraction of sp³-hybridized carbons (Fsp3) is 1.00. The van der Waals surface area contributed by atoms with Crippen LogP contribution in [0.5, 0.6) is 0 Å². The molecular formula is C10H22O5. The summed E-state index contributed by atoms with van der Waals surface area (Å²) in [7, 11) is 0. The van der Waals surface area contributed by atoms with Crippen LogP contribution >= 0.6 is 0 Å². The van der Waals surface area contributed by atoms with Crippen molar-refractivity contribution in [2.75, 3.05) is 13.2 Å². The Morgan fingerprint density at radius 3 is 1.47 bits per heavy atom. The zero-order valence-electron chi connectivity index (χ0n) is 9.33. The van der Waals surface area contributed by atoms with Crippen molar-refractivity contribution < 1.29 is 25.2 Å². The van der Waals surface area contributed by atoms with Crippen molar-refractivity contribution in [1.82, 2.24) is 0 Å². The maximum atomic E-state index is 9.46. The molecule has 0 aromatic heterocycles. The van der Waals surface area contributed by atoms with E-state index in [4.69, 9.17) is 14.9 Å². The molecule has 0 aliphatic carbocycles. The minimum Gasteiger partial charge on any atom is -0.396 e. The molecule has 0 aromatic carbocycles. The van der Waals surface area contributed by atoms with Crippen LogP contribution in [0.25, 0.3) is 0 Å². The minimum atomic E-state index is -0.737. The van der Waals surface area contributed by atoms with Gasteiger partial charge in [0.05, 0.1) is 24.4 Å². The lowest BCUT2D eigenvalue weighted by atomic mass is 10.1. The van der Waals surface area contributed by atoms with Crippen LogP contribution < -0.4 is 0 Å². The number of ether oxygens (including phenoxy) is 1. The monoisotopic (exact) mass is 222 g/mol. The van der Waals surface area contributed by atoms with Crippen molar-refractivity contribution >= 4 is 0 Å². The van der Waals surface area contributed by atoms with Crippen LogP contribution in [0.4, 0.5) is 0 Å². The normalized spacial score (nSPS) is 19.6. The van der Waals surface area contributed by atoms with Gasteiger partial charge in [0.15, 0.2) is 0 Å². The highest BCUT2D eigenvalue weighted by atomic mass is 16.5. The fourth-order valence-electron chi connectivity index (χ4n) is 1.25.